The summed E-state index contributed by atoms with van der Waals surface area (Å²) in [5.74, 6) is -3.17. The highest BCUT2D eigenvalue weighted by Crippen LogP contribution is 2.25. The zero-order valence-corrected chi connectivity index (χ0v) is 12.3. The molecule has 0 aliphatic carbocycles. The number of nitrogens with zero attached hydrogens (tertiary/aromatic N) is 3. The van der Waals surface area contributed by atoms with Crippen molar-refractivity contribution < 1.29 is 18.4 Å². The topological polar surface area (TPSA) is 67.2 Å². The number of rotatable bonds is 3. The predicted octanol–water partition coefficient (Wildman–Crippen LogP) is 1.69. The maximum atomic E-state index is 13.2. The Kier molecular flexibility index (Phi) is 3.81. The molecule has 0 saturated carbocycles. The van der Waals surface area contributed by atoms with Crippen molar-refractivity contribution in [2.75, 3.05) is 16.8 Å². The zero-order chi connectivity index (χ0) is 16.6. The van der Waals surface area contributed by atoms with Gasteiger partial charge in [0.15, 0.2) is 11.6 Å². The molecule has 0 spiro atoms. The number of anilines is 2. The molecule has 0 bridgehead atoms. The predicted molar refractivity (Wildman–Crippen MR) is 78.7 cm³/mol. The van der Waals surface area contributed by atoms with Crippen LogP contribution in [-0.4, -0.2) is 28.1 Å². The number of benzene rings is 1. The van der Waals surface area contributed by atoms with E-state index in [1.165, 1.54) is 11.0 Å². The largest absolute Gasteiger partial charge is 0.326 e. The van der Waals surface area contributed by atoms with Crippen molar-refractivity contribution >= 4 is 23.2 Å². The van der Waals surface area contributed by atoms with Crippen molar-refractivity contribution in [3.8, 4) is 0 Å². The Bertz CT molecular complexity index is 775. The van der Waals surface area contributed by atoms with E-state index in [1.807, 2.05) is 0 Å². The molecule has 1 aromatic heterocycles. The Hall–Kier alpha value is -2.77. The summed E-state index contributed by atoms with van der Waals surface area (Å²) in [5, 5.41) is 6.50. The first-order valence-electron chi connectivity index (χ1n) is 6.99. The third-order valence-corrected chi connectivity index (χ3v) is 3.69. The summed E-state index contributed by atoms with van der Waals surface area (Å²) in [4.78, 5) is 25.7. The second kappa shape index (κ2) is 5.79. The number of carbonyl (C=O) groups is 2. The first-order valence-corrected chi connectivity index (χ1v) is 6.99. The lowest BCUT2D eigenvalue weighted by Gasteiger charge is -2.14. The summed E-state index contributed by atoms with van der Waals surface area (Å²) in [6.45, 7) is 0.222. The Labute approximate surface area is 130 Å². The summed E-state index contributed by atoms with van der Waals surface area (Å²) in [6.07, 6.45) is 3.30. The fourth-order valence-electron chi connectivity index (χ4n) is 2.50. The van der Waals surface area contributed by atoms with E-state index in [1.54, 1.807) is 24.1 Å². The van der Waals surface area contributed by atoms with Crippen molar-refractivity contribution in [1.82, 2.24) is 9.78 Å². The second-order valence-corrected chi connectivity index (χ2v) is 5.40. The van der Waals surface area contributed by atoms with Gasteiger partial charge in [0.25, 0.3) is 0 Å². The molecule has 1 atom stereocenters. The highest BCUT2D eigenvalue weighted by Gasteiger charge is 2.35. The molecular weight excluding hydrogens is 306 g/mol. The van der Waals surface area contributed by atoms with Gasteiger partial charge in [0.2, 0.25) is 11.8 Å². The first-order chi connectivity index (χ1) is 10.9. The van der Waals surface area contributed by atoms with E-state index in [9.17, 15) is 18.4 Å². The molecule has 23 heavy (non-hydrogen) atoms. The summed E-state index contributed by atoms with van der Waals surface area (Å²) in [6, 6.07) is 3.11. The molecule has 1 aromatic carbocycles. The fourth-order valence-corrected chi connectivity index (χ4v) is 2.50. The number of hydrogen-bond acceptors (Lipinski definition) is 3. The van der Waals surface area contributed by atoms with Crippen molar-refractivity contribution in [3.05, 3.63) is 42.2 Å². The molecule has 1 aliphatic rings. The number of nitrogens with one attached hydrogen (secondary N) is 1. The summed E-state index contributed by atoms with van der Waals surface area (Å²) >= 11 is 0. The standard InChI is InChI=1S/C15H14F2N4O2/c1-20-8-11(6-18-20)21-7-9(4-14(21)22)15(23)19-10-2-3-12(16)13(17)5-10/h2-3,5-6,8-9H,4,7H2,1H3,(H,19,23). The maximum Gasteiger partial charge on any atom is 0.229 e. The van der Waals surface area contributed by atoms with Crippen LogP contribution in [-0.2, 0) is 16.6 Å². The van der Waals surface area contributed by atoms with E-state index in [4.69, 9.17) is 0 Å². The summed E-state index contributed by atoms with van der Waals surface area (Å²) in [7, 11) is 1.73. The molecule has 120 valence electrons. The molecule has 1 fully saturated rings. The van der Waals surface area contributed by atoms with E-state index < -0.39 is 23.5 Å². The molecule has 1 N–H and O–H groups in total. The Balaban J connectivity index is 1.69. The number of aryl methyl sites for hydroxylation is 1. The molecule has 2 heterocycles. The average Bonchev–Trinajstić information content (AvgIpc) is 3.09. The number of carbonyl (C=O) groups excluding carboxylic acids is 2. The van der Waals surface area contributed by atoms with Crippen molar-refractivity contribution in [2.45, 2.75) is 6.42 Å². The van der Waals surface area contributed by atoms with Gasteiger partial charge >= 0.3 is 0 Å². The lowest BCUT2D eigenvalue weighted by atomic mass is 10.1. The summed E-state index contributed by atoms with van der Waals surface area (Å²) < 4.78 is 27.6. The van der Waals surface area contributed by atoms with Gasteiger partial charge in [-0.3, -0.25) is 14.3 Å². The lowest BCUT2D eigenvalue weighted by molar-refractivity contribution is -0.122. The minimum atomic E-state index is -1.04. The number of aromatic nitrogens is 2. The van der Waals surface area contributed by atoms with Gasteiger partial charge < -0.3 is 10.2 Å². The Morgan fingerprint density at radius 2 is 2.13 bits per heavy atom. The molecule has 1 aliphatic heterocycles. The van der Waals surface area contributed by atoms with Gasteiger partial charge in [-0.05, 0) is 12.1 Å². The van der Waals surface area contributed by atoms with E-state index in [2.05, 4.69) is 10.4 Å². The molecule has 0 radical (unpaired) electrons. The number of hydrogen-bond donors (Lipinski definition) is 1. The highest BCUT2D eigenvalue weighted by molar-refractivity contribution is 6.03. The quantitative estimate of drug-likeness (QED) is 0.936. The Morgan fingerprint density at radius 3 is 2.78 bits per heavy atom. The van der Waals surface area contributed by atoms with Crippen molar-refractivity contribution in [2.24, 2.45) is 13.0 Å². The molecule has 3 rings (SSSR count). The van der Waals surface area contributed by atoms with E-state index in [-0.39, 0.29) is 24.6 Å². The van der Waals surface area contributed by atoms with Gasteiger partial charge in [-0.2, -0.15) is 5.10 Å². The van der Waals surface area contributed by atoms with E-state index in [0.29, 0.717) is 5.69 Å². The molecule has 2 amide bonds. The van der Waals surface area contributed by atoms with Crippen molar-refractivity contribution in [1.29, 1.82) is 0 Å². The molecule has 6 nitrogen and oxygen atoms in total. The highest BCUT2D eigenvalue weighted by atomic mass is 19.2. The van der Waals surface area contributed by atoms with Crippen LogP contribution in [0.3, 0.4) is 0 Å². The van der Waals surface area contributed by atoms with Gasteiger partial charge in [-0.1, -0.05) is 0 Å². The molecule has 1 saturated heterocycles. The normalized spacial score (nSPS) is 17.6. The van der Waals surface area contributed by atoms with Crippen LogP contribution in [0.4, 0.5) is 20.2 Å². The molecule has 8 heteroatoms. The van der Waals surface area contributed by atoms with Crippen LogP contribution < -0.4 is 10.2 Å². The van der Waals surface area contributed by atoms with Crippen LogP contribution >= 0.6 is 0 Å². The van der Waals surface area contributed by atoms with Crippen molar-refractivity contribution in [3.63, 3.8) is 0 Å². The van der Waals surface area contributed by atoms with Gasteiger partial charge in [0.1, 0.15) is 0 Å². The van der Waals surface area contributed by atoms with Crippen LogP contribution in [0.25, 0.3) is 0 Å². The summed E-state index contributed by atoms with van der Waals surface area (Å²) in [5.41, 5.74) is 0.779. The maximum absolute atomic E-state index is 13.2. The molecule has 2 aromatic rings. The van der Waals surface area contributed by atoms with Crippen LogP contribution in [0, 0.1) is 17.6 Å². The van der Waals surface area contributed by atoms with E-state index in [0.717, 1.165) is 12.1 Å². The monoisotopic (exact) mass is 320 g/mol. The van der Waals surface area contributed by atoms with Crippen LogP contribution in [0.5, 0.6) is 0 Å². The second-order valence-electron chi connectivity index (χ2n) is 5.40. The molecule has 1 unspecified atom stereocenters. The molecular formula is C15H14F2N4O2. The number of halogens is 2. The number of amides is 2. The first kappa shape index (κ1) is 15.1. The minimum Gasteiger partial charge on any atom is -0.326 e. The van der Waals surface area contributed by atoms with Gasteiger partial charge in [-0.15, -0.1) is 0 Å². The third-order valence-electron chi connectivity index (χ3n) is 3.69. The average molecular weight is 320 g/mol. The van der Waals surface area contributed by atoms with Crippen LogP contribution in [0.1, 0.15) is 6.42 Å². The van der Waals surface area contributed by atoms with E-state index >= 15 is 0 Å². The SMILES string of the molecule is Cn1cc(N2CC(C(=O)Nc3ccc(F)c(F)c3)CC2=O)cn1. The van der Waals surface area contributed by atoms with Crippen LogP contribution in [0.15, 0.2) is 30.6 Å². The fraction of sp³-hybridized carbons (Fsp3) is 0.267. The van der Waals surface area contributed by atoms with Gasteiger partial charge in [-0.25, -0.2) is 8.78 Å². The zero-order valence-electron chi connectivity index (χ0n) is 12.3. The van der Waals surface area contributed by atoms with Crippen LogP contribution in [0.2, 0.25) is 0 Å². The smallest absolute Gasteiger partial charge is 0.229 e. The van der Waals surface area contributed by atoms with Gasteiger partial charge in [0.05, 0.1) is 17.8 Å². The third kappa shape index (κ3) is 3.05. The van der Waals surface area contributed by atoms with Gasteiger partial charge in [0, 0.05) is 38.0 Å². The minimum absolute atomic E-state index is 0.0599. The Morgan fingerprint density at radius 1 is 1.35 bits per heavy atom. The lowest BCUT2D eigenvalue weighted by Crippen LogP contribution is -2.27.